The number of fused-ring (bicyclic) bond motifs is 1. The van der Waals surface area contributed by atoms with E-state index in [1.807, 2.05) is 26.8 Å². The Morgan fingerprint density at radius 2 is 1.96 bits per heavy atom. The highest BCUT2D eigenvalue weighted by atomic mass is 35.5. The Morgan fingerprint density at radius 3 is 2.68 bits per heavy atom. The fourth-order valence-electron chi connectivity index (χ4n) is 2.74. The average Bonchev–Trinajstić information content (AvgIpc) is 3.02. The van der Waals surface area contributed by atoms with Crippen LogP contribution < -0.4 is 10.6 Å². The van der Waals surface area contributed by atoms with Gasteiger partial charge in [0, 0.05) is 23.6 Å². The largest absolute Gasteiger partial charge is 0.352 e. The molecule has 3 aromatic rings. The number of amides is 2. The second-order valence-electron chi connectivity index (χ2n) is 6.45. The molecule has 0 bridgehead atoms. The molecule has 0 unspecified atom stereocenters. The maximum absolute atomic E-state index is 12.3. The minimum Gasteiger partial charge on any atom is -0.352 e. The molecule has 1 aromatic carbocycles. The molecule has 2 N–H and O–H groups in total. The molecule has 0 spiro atoms. The van der Waals surface area contributed by atoms with Crippen molar-refractivity contribution in [3.63, 3.8) is 0 Å². The predicted octanol–water partition coefficient (Wildman–Crippen LogP) is 2.72. The first-order valence-electron chi connectivity index (χ1n) is 8.95. The number of aromatic nitrogens is 4. The highest BCUT2D eigenvalue weighted by Crippen LogP contribution is 2.21. The van der Waals surface area contributed by atoms with Gasteiger partial charge in [0.1, 0.15) is 0 Å². The van der Waals surface area contributed by atoms with Crippen LogP contribution >= 0.6 is 11.6 Å². The summed E-state index contributed by atoms with van der Waals surface area (Å²) in [5.74, 6) is 0.312. The van der Waals surface area contributed by atoms with Gasteiger partial charge in [-0.05, 0) is 44.5 Å². The number of aryl methyl sites for hydroxylation is 2. The van der Waals surface area contributed by atoms with Gasteiger partial charge in [-0.25, -0.2) is 9.50 Å². The fraction of sp³-hybridized carbons (Fsp3) is 0.316. The quantitative estimate of drug-likeness (QED) is 0.662. The van der Waals surface area contributed by atoms with E-state index in [1.54, 1.807) is 22.7 Å². The van der Waals surface area contributed by atoms with Crippen LogP contribution in [0.4, 0.5) is 5.69 Å². The SMILES string of the molecule is CCCNC(=O)c1ccc(NC(=O)Cc2nc3nc(C)cc(C)n3n2)cc1Cl. The molecule has 8 nitrogen and oxygen atoms in total. The number of nitrogens with one attached hydrogen (secondary N) is 2. The van der Waals surface area contributed by atoms with Crippen LogP contribution in [-0.2, 0) is 11.2 Å². The summed E-state index contributed by atoms with van der Waals surface area (Å²) in [5, 5.41) is 10.1. The third-order valence-electron chi connectivity index (χ3n) is 4.01. The molecule has 9 heteroatoms. The maximum atomic E-state index is 12.3. The lowest BCUT2D eigenvalue weighted by atomic mass is 10.2. The number of benzene rings is 1. The normalized spacial score (nSPS) is 10.9. The number of rotatable bonds is 6. The van der Waals surface area contributed by atoms with E-state index in [2.05, 4.69) is 25.7 Å². The van der Waals surface area contributed by atoms with Crippen LogP contribution in [-0.4, -0.2) is 37.9 Å². The number of hydrogen-bond acceptors (Lipinski definition) is 5. The number of anilines is 1. The number of carbonyl (C=O) groups excluding carboxylic acids is 2. The monoisotopic (exact) mass is 400 g/mol. The van der Waals surface area contributed by atoms with Crippen LogP contribution in [0.15, 0.2) is 24.3 Å². The number of halogens is 1. The molecule has 0 aliphatic heterocycles. The van der Waals surface area contributed by atoms with Crippen molar-refractivity contribution in [1.82, 2.24) is 24.9 Å². The minimum atomic E-state index is -0.287. The van der Waals surface area contributed by atoms with E-state index in [4.69, 9.17) is 11.6 Å². The van der Waals surface area contributed by atoms with E-state index < -0.39 is 0 Å². The van der Waals surface area contributed by atoms with Gasteiger partial charge in [-0.2, -0.15) is 4.98 Å². The topological polar surface area (TPSA) is 101 Å². The van der Waals surface area contributed by atoms with E-state index >= 15 is 0 Å². The van der Waals surface area contributed by atoms with Gasteiger partial charge >= 0.3 is 0 Å². The number of carbonyl (C=O) groups is 2. The van der Waals surface area contributed by atoms with E-state index in [9.17, 15) is 9.59 Å². The Morgan fingerprint density at radius 1 is 1.18 bits per heavy atom. The van der Waals surface area contributed by atoms with Gasteiger partial charge in [0.2, 0.25) is 5.91 Å². The average molecular weight is 401 g/mol. The minimum absolute atomic E-state index is 0.00178. The highest BCUT2D eigenvalue weighted by Gasteiger charge is 2.14. The summed E-state index contributed by atoms with van der Waals surface area (Å²) < 4.78 is 1.61. The third-order valence-corrected chi connectivity index (χ3v) is 4.33. The number of hydrogen-bond donors (Lipinski definition) is 2. The van der Waals surface area contributed by atoms with Crippen molar-refractivity contribution in [3.05, 3.63) is 52.1 Å². The van der Waals surface area contributed by atoms with Crippen molar-refractivity contribution < 1.29 is 9.59 Å². The van der Waals surface area contributed by atoms with Crippen molar-refractivity contribution in [1.29, 1.82) is 0 Å². The Balaban J connectivity index is 1.69. The predicted molar refractivity (Wildman–Crippen MR) is 107 cm³/mol. The Kier molecular flexibility index (Phi) is 5.89. The first-order valence-corrected chi connectivity index (χ1v) is 9.32. The zero-order valence-corrected chi connectivity index (χ0v) is 16.7. The van der Waals surface area contributed by atoms with Crippen molar-refractivity contribution in [2.24, 2.45) is 0 Å². The molecule has 28 heavy (non-hydrogen) atoms. The highest BCUT2D eigenvalue weighted by molar-refractivity contribution is 6.34. The molecule has 3 rings (SSSR count). The van der Waals surface area contributed by atoms with Gasteiger partial charge in [0.05, 0.1) is 17.0 Å². The fourth-order valence-corrected chi connectivity index (χ4v) is 3.01. The Labute approximate surface area is 167 Å². The van der Waals surface area contributed by atoms with Gasteiger partial charge in [-0.15, -0.1) is 5.10 Å². The molecule has 146 valence electrons. The molecular weight excluding hydrogens is 380 g/mol. The van der Waals surface area contributed by atoms with Crippen LogP contribution in [0, 0.1) is 13.8 Å². The van der Waals surface area contributed by atoms with Crippen LogP contribution in [0.5, 0.6) is 0 Å². The second kappa shape index (κ2) is 8.35. The molecule has 0 aliphatic rings. The molecule has 0 atom stereocenters. The smallest absolute Gasteiger partial charge is 0.252 e. The molecule has 2 aromatic heterocycles. The molecule has 0 saturated carbocycles. The summed E-state index contributed by atoms with van der Waals surface area (Å²) in [6.07, 6.45) is 0.835. The van der Waals surface area contributed by atoms with Crippen LogP contribution in [0.2, 0.25) is 5.02 Å². The molecule has 0 aliphatic carbocycles. The van der Waals surface area contributed by atoms with Gasteiger partial charge in [0.15, 0.2) is 5.82 Å². The van der Waals surface area contributed by atoms with Gasteiger partial charge < -0.3 is 10.6 Å². The Bertz CT molecular complexity index is 1050. The first-order chi connectivity index (χ1) is 13.4. The second-order valence-corrected chi connectivity index (χ2v) is 6.86. The molecule has 2 heterocycles. The van der Waals surface area contributed by atoms with Crippen molar-refractivity contribution >= 4 is 34.9 Å². The molecule has 0 radical (unpaired) electrons. The lowest BCUT2D eigenvalue weighted by Gasteiger charge is -2.08. The van der Waals surface area contributed by atoms with Gasteiger partial charge in [-0.3, -0.25) is 9.59 Å². The van der Waals surface area contributed by atoms with Gasteiger partial charge in [0.25, 0.3) is 11.7 Å². The zero-order chi connectivity index (χ0) is 20.3. The first kappa shape index (κ1) is 19.8. The lowest BCUT2D eigenvalue weighted by Crippen LogP contribution is -2.24. The summed E-state index contributed by atoms with van der Waals surface area (Å²) in [5.41, 5.74) is 2.60. The molecule has 0 fully saturated rings. The molecule has 0 saturated heterocycles. The summed E-state index contributed by atoms with van der Waals surface area (Å²) in [6, 6.07) is 6.66. The van der Waals surface area contributed by atoms with Crippen LogP contribution in [0.25, 0.3) is 5.78 Å². The lowest BCUT2D eigenvalue weighted by molar-refractivity contribution is -0.115. The van der Waals surface area contributed by atoms with Crippen molar-refractivity contribution in [2.45, 2.75) is 33.6 Å². The van der Waals surface area contributed by atoms with E-state index in [1.165, 1.54) is 0 Å². The van der Waals surface area contributed by atoms with Crippen molar-refractivity contribution in [3.8, 4) is 0 Å². The van der Waals surface area contributed by atoms with Crippen LogP contribution in [0.1, 0.15) is 40.9 Å². The van der Waals surface area contributed by atoms with Crippen LogP contribution in [0.3, 0.4) is 0 Å². The van der Waals surface area contributed by atoms with E-state index in [-0.39, 0.29) is 23.3 Å². The summed E-state index contributed by atoms with van der Waals surface area (Å²) >= 11 is 6.18. The molecule has 2 amide bonds. The summed E-state index contributed by atoms with van der Waals surface area (Å²) in [7, 11) is 0. The molecular formula is C19H21ClN6O2. The van der Waals surface area contributed by atoms with E-state index in [0.29, 0.717) is 29.4 Å². The maximum Gasteiger partial charge on any atom is 0.252 e. The standard InChI is InChI=1S/C19H21ClN6O2/c1-4-7-21-18(28)14-6-5-13(9-15(14)20)23-17(27)10-16-24-19-22-11(2)8-12(3)26(19)25-16/h5-6,8-9H,4,7,10H2,1-3H3,(H,21,28)(H,23,27). The third kappa shape index (κ3) is 4.45. The number of nitrogens with zero attached hydrogens (tertiary/aromatic N) is 4. The van der Waals surface area contributed by atoms with Gasteiger partial charge in [-0.1, -0.05) is 18.5 Å². The van der Waals surface area contributed by atoms with Crippen molar-refractivity contribution in [2.75, 3.05) is 11.9 Å². The van der Waals surface area contributed by atoms with E-state index in [0.717, 1.165) is 17.8 Å². The summed E-state index contributed by atoms with van der Waals surface area (Å²) in [4.78, 5) is 33.0. The Hall–Kier alpha value is -3.00. The summed E-state index contributed by atoms with van der Waals surface area (Å²) in [6.45, 7) is 6.33. The zero-order valence-electron chi connectivity index (χ0n) is 15.9.